The molecule has 2 aromatic heterocycles. The van der Waals surface area contributed by atoms with Crippen LogP contribution in [0.1, 0.15) is 24.0 Å². The largest absolute Gasteiger partial charge is 0.310 e. The number of aryl methyl sites for hydroxylation is 2. The Kier molecular flexibility index (Phi) is 5.30. The van der Waals surface area contributed by atoms with Crippen molar-refractivity contribution in [1.82, 2.24) is 9.38 Å². The number of fused-ring (bicyclic) bond motifs is 2. The molecule has 6 nitrogen and oxygen atoms in total. The maximum Gasteiger partial charge on any atom is 0.226 e. The molecule has 1 N–H and O–H groups in total. The highest BCUT2D eigenvalue weighted by molar-refractivity contribution is 7.91. The van der Waals surface area contributed by atoms with Gasteiger partial charge in [0.15, 0.2) is 14.8 Å². The van der Waals surface area contributed by atoms with E-state index >= 15 is 0 Å². The minimum absolute atomic E-state index is 0.181. The lowest BCUT2D eigenvalue weighted by atomic mass is 10.1. The average molecular weight is 470 g/mol. The molecule has 0 atom stereocenters. The summed E-state index contributed by atoms with van der Waals surface area (Å²) in [6, 6.07) is 11.1. The second kappa shape index (κ2) is 8.14. The van der Waals surface area contributed by atoms with Gasteiger partial charge in [-0.1, -0.05) is 6.07 Å². The summed E-state index contributed by atoms with van der Waals surface area (Å²) >= 11 is 1.40. The molecule has 2 aromatic carbocycles. The van der Waals surface area contributed by atoms with Crippen molar-refractivity contribution < 1.29 is 17.6 Å². The van der Waals surface area contributed by atoms with Gasteiger partial charge in [-0.25, -0.2) is 17.8 Å². The lowest BCUT2D eigenvalue weighted by Crippen LogP contribution is -2.18. The fraction of sp³-hybridized carbons (Fsp3) is 0.217. The zero-order chi connectivity index (χ0) is 22.3. The number of hydrogen-bond acceptors (Lipinski definition) is 5. The van der Waals surface area contributed by atoms with Gasteiger partial charge in [-0.2, -0.15) is 0 Å². The van der Waals surface area contributed by atoms with E-state index in [1.54, 1.807) is 34.9 Å². The molecule has 4 aromatic rings. The van der Waals surface area contributed by atoms with Crippen LogP contribution in [0.15, 0.2) is 58.9 Å². The van der Waals surface area contributed by atoms with Crippen LogP contribution in [-0.4, -0.2) is 29.5 Å². The molecular formula is C23H20FN3O3S2. The molecule has 0 saturated carbocycles. The van der Waals surface area contributed by atoms with Crippen molar-refractivity contribution in [2.75, 3.05) is 11.1 Å². The Morgan fingerprint density at radius 2 is 1.91 bits per heavy atom. The number of thiazole rings is 1. The Hall–Kier alpha value is -3.04. The molecule has 2 heterocycles. The van der Waals surface area contributed by atoms with E-state index in [9.17, 15) is 17.6 Å². The number of nitrogens with zero attached hydrogens (tertiary/aromatic N) is 2. The highest BCUT2D eigenvalue weighted by Crippen LogP contribution is 2.31. The summed E-state index contributed by atoms with van der Waals surface area (Å²) in [5, 5.41) is 4.65. The van der Waals surface area contributed by atoms with E-state index in [1.807, 2.05) is 11.4 Å². The molecule has 32 heavy (non-hydrogen) atoms. The minimum atomic E-state index is -3.58. The van der Waals surface area contributed by atoms with Gasteiger partial charge in [0.25, 0.3) is 0 Å². The van der Waals surface area contributed by atoms with Crippen LogP contribution in [0.3, 0.4) is 0 Å². The summed E-state index contributed by atoms with van der Waals surface area (Å²) in [6.07, 6.45) is 4.51. The van der Waals surface area contributed by atoms with Crippen LogP contribution in [0.4, 0.5) is 10.2 Å². The van der Waals surface area contributed by atoms with Crippen LogP contribution in [-0.2, 0) is 27.5 Å². The molecule has 0 spiro atoms. The Morgan fingerprint density at radius 3 is 2.72 bits per heavy atom. The zero-order valence-electron chi connectivity index (χ0n) is 17.0. The number of hydrogen-bond donors (Lipinski definition) is 1. The van der Waals surface area contributed by atoms with Crippen molar-refractivity contribution in [1.29, 1.82) is 0 Å². The fourth-order valence-electron chi connectivity index (χ4n) is 4.00. The number of sulfone groups is 1. The summed E-state index contributed by atoms with van der Waals surface area (Å²) in [5.74, 6) is -0.634. The molecule has 0 saturated heterocycles. The number of rotatable bonds is 6. The number of carbonyl (C=O) groups is 1. The zero-order valence-corrected chi connectivity index (χ0v) is 18.7. The Bertz CT molecular complexity index is 1420. The van der Waals surface area contributed by atoms with Crippen molar-refractivity contribution in [3.63, 3.8) is 0 Å². The summed E-state index contributed by atoms with van der Waals surface area (Å²) in [4.78, 5) is 18.2. The highest BCUT2D eigenvalue weighted by atomic mass is 32.2. The van der Waals surface area contributed by atoms with Crippen molar-refractivity contribution in [2.45, 2.75) is 30.6 Å². The van der Waals surface area contributed by atoms with E-state index < -0.39 is 15.7 Å². The lowest BCUT2D eigenvalue weighted by Gasteiger charge is -2.09. The van der Waals surface area contributed by atoms with E-state index in [0.717, 1.165) is 24.8 Å². The highest BCUT2D eigenvalue weighted by Gasteiger charge is 2.22. The Labute approximate surface area is 188 Å². The van der Waals surface area contributed by atoms with Gasteiger partial charge in [0.05, 0.1) is 10.6 Å². The van der Waals surface area contributed by atoms with E-state index in [2.05, 4.69) is 10.3 Å². The molecule has 1 amide bonds. The van der Waals surface area contributed by atoms with Crippen LogP contribution in [0.5, 0.6) is 0 Å². The predicted octanol–water partition coefficient (Wildman–Crippen LogP) is 4.49. The van der Waals surface area contributed by atoms with Crippen molar-refractivity contribution in [3.8, 4) is 11.3 Å². The van der Waals surface area contributed by atoms with Crippen LogP contribution in [0, 0.1) is 5.82 Å². The van der Waals surface area contributed by atoms with Gasteiger partial charge in [-0.3, -0.25) is 9.20 Å². The Balaban J connectivity index is 1.35. The molecule has 0 aliphatic heterocycles. The fourth-order valence-corrected chi connectivity index (χ4v) is 6.00. The first-order valence-electron chi connectivity index (χ1n) is 10.3. The van der Waals surface area contributed by atoms with Gasteiger partial charge in [0.2, 0.25) is 5.91 Å². The maximum atomic E-state index is 13.3. The topological polar surface area (TPSA) is 80.5 Å². The van der Waals surface area contributed by atoms with Gasteiger partial charge in [0, 0.05) is 23.6 Å². The number of imidazole rings is 1. The third-order valence-electron chi connectivity index (χ3n) is 5.66. The van der Waals surface area contributed by atoms with Crippen LogP contribution in [0.2, 0.25) is 0 Å². The lowest BCUT2D eigenvalue weighted by molar-refractivity contribution is -0.115. The number of benzene rings is 2. The summed E-state index contributed by atoms with van der Waals surface area (Å²) < 4.78 is 40.7. The molecule has 0 unspecified atom stereocenters. The minimum Gasteiger partial charge on any atom is -0.310 e. The molecule has 0 bridgehead atoms. The SMILES string of the molecule is O=C(CCS(=O)(=O)c1ccc2c(c1)CCC2)Nc1c(-c2ccc(F)cc2)nc2sccn12. The van der Waals surface area contributed by atoms with E-state index in [4.69, 9.17) is 0 Å². The second-order valence-corrected chi connectivity index (χ2v) is 10.8. The van der Waals surface area contributed by atoms with Crippen molar-refractivity contribution >= 4 is 37.9 Å². The quantitative estimate of drug-likeness (QED) is 0.451. The summed E-state index contributed by atoms with van der Waals surface area (Å²) in [5.41, 5.74) is 3.45. The third kappa shape index (κ3) is 3.93. The normalized spacial score (nSPS) is 13.4. The number of carbonyl (C=O) groups excluding carboxylic acids is 1. The van der Waals surface area contributed by atoms with E-state index in [-0.39, 0.29) is 22.9 Å². The molecule has 9 heteroatoms. The number of aromatic nitrogens is 2. The van der Waals surface area contributed by atoms with Crippen molar-refractivity contribution in [2.24, 2.45) is 0 Å². The number of halogens is 1. The molecule has 0 radical (unpaired) electrons. The van der Waals surface area contributed by atoms with Gasteiger partial charge in [-0.15, -0.1) is 11.3 Å². The molecular weight excluding hydrogens is 449 g/mol. The molecule has 1 aliphatic carbocycles. The first kappa shape index (κ1) is 20.8. The monoisotopic (exact) mass is 469 g/mol. The smallest absolute Gasteiger partial charge is 0.226 e. The molecule has 1 aliphatic rings. The van der Waals surface area contributed by atoms with Gasteiger partial charge >= 0.3 is 0 Å². The van der Waals surface area contributed by atoms with Crippen LogP contribution < -0.4 is 5.32 Å². The summed E-state index contributed by atoms with van der Waals surface area (Å²) in [7, 11) is -3.58. The molecule has 164 valence electrons. The maximum absolute atomic E-state index is 13.3. The average Bonchev–Trinajstić information content (AvgIpc) is 3.50. The van der Waals surface area contributed by atoms with Gasteiger partial charge in [-0.05, 0) is 66.8 Å². The van der Waals surface area contributed by atoms with Crippen molar-refractivity contribution in [3.05, 3.63) is 71.0 Å². The van der Waals surface area contributed by atoms with Gasteiger partial charge in [0.1, 0.15) is 17.3 Å². The predicted molar refractivity (Wildman–Crippen MR) is 122 cm³/mol. The second-order valence-electron chi connectivity index (χ2n) is 7.77. The Morgan fingerprint density at radius 1 is 1.12 bits per heavy atom. The number of amides is 1. The first-order chi connectivity index (χ1) is 15.4. The first-order valence-corrected chi connectivity index (χ1v) is 12.8. The molecule has 5 rings (SSSR count). The van der Waals surface area contributed by atoms with Crippen LogP contribution in [0.25, 0.3) is 16.2 Å². The summed E-state index contributed by atoms with van der Waals surface area (Å²) in [6.45, 7) is 0. The van der Waals surface area contributed by atoms with E-state index in [0.29, 0.717) is 22.0 Å². The number of anilines is 1. The third-order valence-corrected chi connectivity index (χ3v) is 8.13. The van der Waals surface area contributed by atoms with Crippen LogP contribution >= 0.6 is 11.3 Å². The van der Waals surface area contributed by atoms with Gasteiger partial charge < -0.3 is 5.32 Å². The number of nitrogens with one attached hydrogen (secondary N) is 1. The standard InChI is InChI=1S/C23H20FN3O3S2/c24-18-7-4-16(5-8-18)21-22(27-11-12-31-23(27)26-21)25-20(28)10-13-32(29,30)19-9-6-15-2-1-3-17(15)14-19/h4-9,11-12,14H,1-3,10,13H2,(H,25,28). The molecule has 0 fully saturated rings. The van der Waals surface area contributed by atoms with E-state index in [1.165, 1.54) is 29.0 Å².